The normalized spacial score (nSPS) is 14.7. The third kappa shape index (κ3) is 5.32. The van der Waals surface area contributed by atoms with Crippen LogP contribution in [0.5, 0.6) is 17.4 Å². The molecular formula is C28H22F3N5O5S. The summed E-state index contributed by atoms with van der Waals surface area (Å²) in [5, 5.41) is 2.98. The summed E-state index contributed by atoms with van der Waals surface area (Å²) in [5.41, 5.74) is 3.70. The molecule has 216 valence electrons. The van der Waals surface area contributed by atoms with Crippen molar-refractivity contribution in [3.05, 3.63) is 59.5 Å². The molecule has 1 unspecified atom stereocenters. The molecule has 1 aliphatic heterocycles. The number of alkyl halides is 3. The van der Waals surface area contributed by atoms with E-state index in [2.05, 4.69) is 20.3 Å². The minimum absolute atomic E-state index is 0.0788. The molecule has 0 radical (unpaired) electrons. The Bertz CT molecular complexity index is 1850. The van der Waals surface area contributed by atoms with E-state index in [4.69, 9.17) is 23.9 Å². The average Bonchev–Trinajstić information content (AvgIpc) is 3.41. The fourth-order valence-electron chi connectivity index (χ4n) is 4.49. The maximum Gasteiger partial charge on any atom is 0.417 e. The fourth-order valence-corrected chi connectivity index (χ4v) is 5.64. The second kappa shape index (κ2) is 10.6. The summed E-state index contributed by atoms with van der Waals surface area (Å²) in [6.45, 7) is 3.77. The smallest absolute Gasteiger partial charge is 0.417 e. The first kappa shape index (κ1) is 27.4. The highest BCUT2D eigenvalue weighted by Gasteiger charge is 2.31. The van der Waals surface area contributed by atoms with Gasteiger partial charge in [-0.15, -0.1) is 11.3 Å². The van der Waals surface area contributed by atoms with Crippen LogP contribution >= 0.6 is 11.3 Å². The molecule has 0 bridgehead atoms. The number of nitrogens with zero attached hydrogens (tertiary/aromatic N) is 4. The van der Waals surface area contributed by atoms with Crippen molar-refractivity contribution >= 4 is 44.4 Å². The van der Waals surface area contributed by atoms with E-state index in [0.717, 1.165) is 44.2 Å². The van der Waals surface area contributed by atoms with Crippen molar-refractivity contribution < 1.29 is 36.9 Å². The van der Waals surface area contributed by atoms with Crippen LogP contribution in [0.3, 0.4) is 0 Å². The van der Waals surface area contributed by atoms with Crippen LogP contribution < -0.4 is 19.5 Å². The quantitative estimate of drug-likeness (QED) is 0.248. The number of nitrogens with one attached hydrogen (secondary N) is 1. The third-order valence-corrected chi connectivity index (χ3v) is 7.49. The van der Waals surface area contributed by atoms with Gasteiger partial charge in [-0.1, -0.05) is 0 Å². The highest BCUT2D eigenvalue weighted by atomic mass is 32.1. The number of aromatic nitrogens is 4. The van der Waals surface area contributed by atoms with E-state index in [0.29, 0.717) is 34.6 Å². The minimum atomic E-state index is -4.59. The molecule has 5 aromatic rings. The molecule has 2 aromatic carbocycles. The molecule has 0 fully saturated rings. The Kier molecular flexibility index (Phi) is 6.93. The highest BCUT2D eigenvalue weighted by Crippen LogP contribution is 2.46. The van der Waals surface area contributed by atoms with E-state index in [1.807, 2.05) is 26.0 Å². The molecule has 0 saturated heterocycles. The first-order valence-electron chi connectivity index (χ1n) is 12.6. The highest BCUT2D eigenvalue weighted by molar-refractivity contribution is 7.22. The molecule has 10 nitrogen and oxygen atoms in total. The van der Waals surface area contributed by atoms with Crippen LogP contribution in [-0.4, -0.2) is 52.5 Å². The number of benzene rings is 2. The van der Waals surface area contributed by atoms with Gasteiger partial charge >= 0.3 is 12.3 Å². The first-order valence-corrected chi connectivity index (χ1v) is 13.4. The van der Waals surface area contributed by atoms with Gasteiger partial charge in [0.15, 0.2) is 17.6 Å². The van der Waals surface area contributed by atoms with Crippen LogP contribution in [0.2, 0.25) is 0 Å². The van der Waals surface area contributed by atoms with Gasteiger partial charge in [-0.05, 0) is 49.2 Å². The Hall–Kier alpha value is -4.72. The molecular weight excluding hydrogens is 575 g/mol. The Labute approximate surface area is 240 Å². The van der Waals surface area contributed by atoms with Gasteiger partial charge in [-0.3, -0.25) is 10.3 Å². The van der Waals surface area contributed by atoms with E-state index in [-0.39, 0.29) is 18.9 Å². The molecule has 1 aliphatic rings. The van der Waals surface area contributed by atoms with Crippen LogP contribution in [0.4, 0.5) is 23.7 Å². The molecule has 0 aliphatic carbocycles. The monoisotopic (exact) mass is 597 g/mol. The van der Waals surface area contributed by atoms with Crippen molar-refractivity contribution in [3.63, 3.8) is 0 Å². The van der Waals surface area contributed by atoms with Crippen LogP contribution in [0.1, 0.15) is 16.7 Å². The number of ether oxygens (including phenoxy) is 4. The first-order chi connectivity index (χ1) is 20.1. The number of amides is 1. The Morgan fingerprint density at radius 2 is 1.95 bits per heavy atom. The van der Waals surface area contributed by atoms with Crippen LogP contribution in [0, 0.1) is 13.8 Å². The maximum absolute atomic E-state index is 12.9. The van der Waals surface area contributed by atoms with Crippen LogP contribution in [0.15, 0.2) is 42.9 Å². The van der Waals surface area contributed by atoms with E-state index >= 15 is 0 Å². The number of carbonyl (C=O) groups is 1. The second-order valence-corrected chi connectivity index (χ2v) is 10.5. The van der Waals surface area contributed by atoms with Crippen molar-refractivity contribution in [2.75, 3.05) is 25.6 Å². The molecule has 42 heavy (non-hydrogen) atoms. The summed E-state index contributed by atoms with van der Waals surface area (Å²) in [6.07, 6.45) is -2.85. The number of thiazole rings is 1. The summed E-state index contributed by atoms with van der Waals surface area (Å²) in [7, 11) is 1.54. The van der Waals surface area contributed by atoms with Crippen LogP contribution in [-0.2, 0) is 10.9 Å². The number of pyridine rings is 1. The number of halogens is 3. The van der Waals surface area contributed by atoms with Crippen molar-refractivity contribution in [2.45, 2.75) is 26.1 Å². The molecule has 0 spiro atoms. The lowest BCUT2D eigenvalue weighted by Gasteiger charge is -2.26. The molecule has 6 rings (SSSR count). The standard InChI is InChI=1S/C28H22F3N5O5S/c1-13-4-18(23-19(5-13)35-21(38-3)10-33-23)26-36-22-14(2)6-20-24(25(22)42-26)39-11-17(41-20)12-40-27(37)34-16-7-15(8-32-9-16)28(29,30)31/h4-10,17H,11-12H2,1-3H3,(H,34,37). The second-order valence-electron chi connectivity index (χ2n) is 9.54. The number of carbonyl (C=O) groups excluding carboxylic acids is 1. The van der Waals surface area contributed by atoms with Crippen LogP contribution in [0.25, 0.3) is 31.8 Å². The van der Waals surface area contributed by atoms with Gasteiger partial charge in [0.1, 0.15) is 22.9 Å². The minimum Gasteiger partial charge on any atom is -0.484 e. The lowest BCUT2D eigenvalue weighted by Crippen LogP contribution is -2.35. The van der Waals surface area contributed by atoms with Gasteiger partial charge in [0.25, 0.3) is 0 Å². The molecule has 1 atom stereocenters. The zero-order chi connectivity index (χ0) is 29.6. The average molecular weight is 598 g/mol. The van der Waals surface area contributed by atoms with Crippen molar-refractivity contribution in [3.8, 4) is 28.0 Å². The molecule has 1 amide bonds. The molecule has 0 saturated carbocycles. The topological polar surface area (TPSA) is 118 Å². The van der Waals surface area contributed by atoms with Gasteiger partial charge in [-0.2, -0.15) is 13.2 Å². The van der Waals surface area contributed by atoms with Crippen molar-refractivity contribution in [2.24, 2.45) is 0 Å². The molecule has 4 heterocycles. The number of hydrogen-bond acceptors (Lipinski definition) is 10. The molecule has 3 aromatic heterocycles. The molecule has 14 heteroatoms. The van der Waals surface area contributed by atoms with Gasteiger partial charge in [0, 0.05) is 11.8 Å². The summed E-state index contributed by atoms with van der Waals surface area (Å²) < 4.78 is 62.0. The number of hydrogen-bond donors (Lipinski definition) is 1. The van der Waals surface area contributed by atoms with E-state index < -0.39 is 23.9 Å². The lowest BCUT2D eigenvalue weighted by atomic mass is 10.1. The third-order valence-electron chi connectivity index (χ3n) is 6.41. The Balaban J connectivity index is 1.20. The zero-order valence-corrected chi connectivity index (χ0v) is 23.2. The predicted octanol–water partition coefficient (Wildman–Crippen LogP) is 6.33. The van der Waals surface area contributed by atoms with Gasteiger partial charge < -0.3 is 18.9 Å². The largest absolute Gasteiger partial charge is 0.484 e. The van der Waals surface area contributed by atoms with E-state index in [1.54, 1.807) is 12.3 Å². The maximum atomic E-state index is 12.9. The number of rotatable bonds is 5. The Morgan fingerprint density at radius 3 is 2.74 bits per heavy atom. The summed E-state index contributed by atoms with van der Waals surface area (Å²) in [4.78, 5) is 29.7. The van der Waals surface area contributed by atoms with E-state index in [9.17, 15) is 18.0 Å². The summed E-state index contributed by atoms with van der Waals surface area (Å²) in [6, 6.07) is 6.52. The number of methoxy groups -OCH3 is 1. The SMILES string of the molecule is COc1cnc2c(-c3nc4c(C)cc5c(c4s3)OCC(COC(=O)Nc3cncc(C(F)(F)F)c3)O5)cc(C)cc2n1. The zero-order valence-electron chi connectivity index (χ0n) is 22.4. The molecule has 1 N–H and O–H groups in total. The number of anilines is 1. The van der Waals surface area contributed by atoms with Crippen molar-refractivity contribution in [1.29, 1.82) is 0 Å². The summed E-state index contributed by atoms with van der Waals surface area (Å²) in [5.74, 6) is 1.42. The van der Waals surface area contributed by atoms with E-state index in [1.165, 1.54) is 18.4 Å². The summed E-state index contributed by atoms with van der Waals surface area (Å²) >= 11 is 1.44. The van der Waals surface area contributed by atoms with Gasteiger partial charge in [0.2, 0.25) is 5.88 Å². The van der Waals surface area contributed by atoms with Crippen molar-refractivity contribution in [1.82, 2.24) is 19.9 Å². The van der Waals surface area contributed by atoms with Gasteiger partial charge in [0.05, 0.1) is 47.3 Å². The Morgan fingerprint density at radius 1 is 1.12 bits per heavy atom. The number of aryl methyl sites for hydroxylation is 2. The number of fused-ring (bicyclic) bond motifs is 4. The van der Waals surface area contributed by atoms with Gasteiger partial charge in [-0.25, -0.2) is 19.7 Å². The predicted molar refractivity (Wildman–Crippen MR) is 148 cm³/mol. The fraction of sp³-hybridized carbons (Fsp3) is 0.250. The lowest BCUT2D eigenvalue weighted by molar-refractivity contribution is -0.137.